The van der Waals surface area contributed by atoms with Gasteiger partial charge in [-0.3, -0.25) is 9.69 Å². The molecule has 1 atom stereocenters. The van der Waals surface area contributed by atoms with Gasteiger partial charge in [0.1, 0.15) is 15.8 Å². The van der Waals surface area contributed by atoms with Gasteiger partial charge in [-0.2, -0.15) is 0 Å². The molecular formula is C18H16BrNO2S2. The van der Waals surface area contributed by atoms with Crippen molar-refractivity contribution in [2.75, 3.05) is 0 Å². The average Bonchev–Trinajstić information content (AvgIpc) is 3.12. The van der Waals surface area contributed by atoms with Crippen LogP contribution in [0.3, 0.4) is 0 Å². The first kappa shape index (κ1) is 17.5. The lowest BCUT2D eigenvalue weighted by Crippen LogP contribution is -2.36. The minimum absolute atomic E-state index is 0.0419. The van der Waals surface area contributed by atoms with E-state index in [4.69, 9.17) is 16.6 Å². The first-order chi connectivity index (χ1) is 11.5. The van der Waals surface area contributed by atoms with Crippen LogP contribution in [-0.2, 0) is 4.79 Å². The highest BCUT2D eigenvalue weighted by Gasteiger charge is 2.34. The second-order valence-electron chi connectivity index (χ2n) is 5.52. The van der Waals surface area contributed by atoms with Gasteiger partial charge in [-0.05, 0) is 37.6 Å². The highest BCUT2D eigenvalue weighted by molar-refractivity contribution is 9.10. The molecule has 1 fully saturated rings. The lowest BCUT2D eigenvalue weighted by molar-refractivity contribution is -0.123. The summed E-state index contributed by atoms with van der Waals surface area (Å²) in [6.45, 7) is 4.05. The maximum atomic E-state index is 12.5. The molecule has 1 amide bonds. The van der Waals surface area contributed by atoms with E-state index in [1.807, 2.05) is 50.2 Å². The van der Waals surface area contributed by atoms with E-state index in [1.54, 1.807) is 11.0 Å². The number of thioether (sulfide) groups is 1. The van der Waals surface area contributed by atoms with Crippen LogP contribution < -0.4 is 0 Å². The van der Waals surface area contributed by atoms with Gasteiger partial charge >= 0.3 is 0 Å². The van der Waals surface area contributed by atoms with E-state index >= 15 is 0 Å². The molecule has 0 saturated carbocycles. The standard InChI is InChI=1S/C18H16BrNO2S2/c1-3-11(2)20-17(21)16(24-18(20)23)10-14-7-8-15(22-14)12-5-4-6-13(19)9-12/h4-11H,3H2,1-2H3/b16-10-/t11-/m1/s1. The zero-order chi connectivity index (χ0) is 17.3. The van der Waals surface area contributed by atoms with Crippen molar-refractivity contribution < 1.29 is 9.21 Å². The zero-order valence-electron chi connectivity index (χ0n) is 13.3. The first-order valence-corrected chi connectivity index (χ1v) is 9.64. The van der Waals surface area contributed by atoms with Crippen molar-refractivity contribution in [3.63, 3.8) is 0 Å². The molecule has 0 aliphatic carbocycles. The topological polar surface area (TPSA) is 33.5 Å². The molecule has 3 rings (SSSR count). The molecule has 2 aromatic rings. The molecule has 1 saturated heterocycles. The molecule has 3 nitrogen and oxygen atoms in total. The maximum Gasteiger partial charge on any atom is 0.266 e. The molecule has 1 aliphatic heterocycles. The van der Waals surface area contributed by atoms with Crippen LogP contribution in [0.25, 0.3) is 17.4 Å². The fourth-order valence-corrected chi connectivity index (χ4v) is 4.24. The summed E-state index contributed by atoms with van der Waals surface area (Å²) in [5.41, 5.74) is 0.983. The fraction of sp³-hybridized carbons (Fsp3) is 0.222. The Labute approximate surface area is 159 Å². The summed E-state index contributed by atoms with van der Waals surface area (Å²) in [6.07, 6.45) is 2.64. The molecule has 2 heterocycles. The van der Waals surface area contributed by atoms with Gasteiger partial charge in [-0.15, -0.1) is 0 Å². The second-order valence-corrected chi connectivity index (χ2v) is 8.11. The number of carbonyl (C=O) groups excluding carboxylic acids is 1. The van der Waals surface area contributed by atoms with Crippen molar-refractivity contribution in [3.05, 3.63) is 51.5 Å². The normalized spacial score (nSPS) is 17.8. The summed E-state index contributed by atoms with van der Waals surface area (Å²) < 4.78 is 7.47. The van der Waals surface area contributed by atoms with Gasteiger partial charge < -0.3 is 4.42 Å². The van der Waals surface area contributed by atoms with E-state index < -0.39 is 0 Å². The number of thiocarbonyl (C=S) groups is 1. The predicted molar refractivity (Wildman–Crippen MR) is 107 cm³/mol. The molecule has 1 aromatic heterocycles. The lowest BCUT2D eigenvalue weighted by Gasteiger charge is -2.21. The highest BCUT2D eigenvalue weighted by atomic mass is 79.9. The smallest absolute Gasteiger partial charge is 0.266 e. The Hall–Kier alpha value is -1.37. The number of benzene rings is 1. The fourth-order valence-electron chi connectivity index (χ4n) is 2.40. The number of carbonyl (C=O) groups is 1. The van der Waals surface area contributed by atoms with E-state index in [-0.39, 0.29) is 11.9 Å². The number of rotatable bonds is 4. The third-order valence-electron chi connectivity index (χ3n) is 3.86. The number of hydrogen-bond acceptors (Lipinski definition) is 4. The van der Waals surface area contributed by atoms with Crippen molar-refractivity contribution in [1.82, 2.24) is 4.90 Å². The zero-order valence-corrected chi connectivity index (χ0v) is 16.5. The Morgan fingerprint density at radius 1 is 1.38 bits per heavy atom. The summed E-state index contributed by atoms with van der Waals surface area (Å²) in [5, 5.41) is 0. The molecule has 0 bridgehead atoms. The number of amides is 1. The Morgan fingerprint density at radius 3 is 2.88 bits per heavy atom. The van der Waals surface area contributed by atoms with Crippen molar-refractivity contribution in [2.45, 2.75) is 26.3 Å². The number of furan rings is 1. The number of hydrogen-bond donors (Lipinski definition) is 0. The van der Waals surface area contributed by atoms with E-state index in [0.29, 0.717) is 15.0 Å². The first-order valence-electron chi connectivity index (χ1n) is 7.62. The van der Waals surface area contributed by atoms with Crippen LogP contribution in [0, 0.1) is 0 Å². The second kappa shape index (κ2) is 7.25. The van der Waals surface area contributed by atoms with Gasteiger partial charge in [0, 0.05) is 22.2 Å². The van der Waals surface area contributed by atoms with Gasteiger partial charge in [0.05, 0.1) is 4.91 Å². The Morgan fingerprint density at radius 2 is 2.17 bits per heavy atom. The van der Waals surface area contributed by atoms with Crippen LogP contribution in [0.2, 0.25) is 0 Å². The van der Waals surface area contributed by atoms with Gasteiger partial charge in [-0.25, -0.2) is 0 Å². The summed E-state index contributed by atoms with van der Waals surface area (Å²) in [6, 6.07) is 11.8. The molecule has 24 heavy (non-hydrogen) atoms. The monoisotopic (exact) mass is 421 g/mol. The van der Waals surface area contributed by atoms with Crippen LogP contribution >= 0.6 is 39.9 Å². The highest BCUT2D eigenvalue weighted by Crippen LogP contribution is 2.35. The van der Waals surface area contributed by atoms with Crippen LogP contribution in [0.4, 0.5) is 0 Å². The van der Waals surface area contributed by atoms with Crippen molar-refractivity contribution in [3.8, 4) is 11.3 Å². The average molecular weight is 422 g/mol. The molecular weight excluding hydrogens is 406 g/mol. The third kappa shape index (κ3) is 3.50. The van der Waals surface area contributed by atoms with Gasteiger partial charge in [0.15, 0.2) is 0 Å². The Bertz CT molecular complexity index is 828. The maximum absolute atomic E-state index is 12.5. The minimum Gasteiger partial charge on any atom is -0.457 e. The van der Waals surface area contributed by atoms with Gasteiger partial charge in [0.25, 0.3) is 5.91 Å². The largest absolute Gasteiger partial charge is 0.457 e. The van der Waals surface area contributed by atoms with E-state index in [0.717, 1.165) is 22.2 Å². The van der Waals surface area contributed by atoms with E-state index in [1.165, 1.54) is 11.8 Å². The summed E-state index contributed by atoms with van der Waals surface area (Å²) in [7, 11) is 0. The number of halogens is 1. The van der Waals surface area contributed by atoms with Crippen LogP contribution in [0.1, 0.15) is 26.0 Å². The quantitative estimate of drug-likeness (QED) is 0.467. The molecule has 6 heteroatoms. The molecule has 124 valence electrons. The van der Waals surface area contributed by atoms with E-state index in [9.17, 15) is 4.79 Å². The van der Waals surface area contributed by atoms with Crippen molar-refractivity contribution in [2.24, 2.45) is 0 Å². The molecule has 1 aliphatic rings. The van der Waals surface area contributed by atoms with Crippen molar-refractivity contribution >= 4 is 56.2 Å². The summed E-state index contributed by atoms with van der Waals surface area (Å²) in [4.78, 5) is 14.8. The minimum atomic E-state index is -0.0419. The molecule has 0 N–H and O–H groups in total. The molecule has 0 radical (unpaired) electrons. The van der Waals surface area contributed by atoms with E-state index in [2.05, 4.69) is 15.9 Å². The van der Waals surface area contributed by atoms with Gasteiger partial charge in [0.2, 0.25) is 0 Å². The predicted octanol–water partition coefficient (Wildman–Crippen LogP) is 5.71. The van der Waals surface area contributed by atoms with Gasteiger partial charge in [-0.1, -0.05) is 59.0 Å². The van der Waals surface area contributed by atoms with Crippen LogP contribution in [0.15, 0.2) is 50.2 Å². The third-order valence-corrected chi connectivity index (χ3v) is 5.69. The number of nitrogens with zero attached hydrogens (tertiary/aromatic N) is 1. The summed E-state index contributed by atoms with van der Waals surface area (Å²) in [5.74, 6) is 1.37. The SMILES string of the molecule is CC[C@@H](C)N1C(=O)/C(=C/c2ccc(-c3cccc(Br)c3)o2)SC1=S. The summed E-state index contributed by atoms with van der Waals surface area (Å²) >= 11 is 10.1. The van der Waals surface area contributed by atoms with Crippen molar-refractivity contribution in [1.29, 1.82) is 0 Å². The Balaban J connectivity index is 1.85. The molecule has 0 spiro atoms. The Kier molecular flexibility index (Phi) is 5.27. The van der Waals surface area contributed by atoms with Crippen LogP contribution in [0.5, 0.6) is 0 Å². The lowest BCUT2D eigenvalue weighted by atomic mass is 10.2. The molecule has 1 aromatic carbocycles. The van der Waals surface area contributed by atoms with Crippen LogP contribution in [-0.4, -0.2) is 21.2 Å². The molecule has 0 unspecified atom stereocenters.